The third-order valence-electron chi connectivity index (χ3n) is 3.65. The zero-order chi connectivity index (χ0) is 14.8. The van der Waals surface area contributed by atoms with Crippen LogP contribution in [-0.2, 0) is 24.1 Å². The molecule has 0 radical (unpaired) electrons. The molecule has 1 aliphatic carbocycles. The maximum Gasteiger partial charge on any atom is 0.227 e. The third kappa shape index (κ3) is 3.06. The topological polar surface area (TPSA) is 68.9 Å². The number of thioether (sulfide) groups is 1. The molecule has 0 aliphatic heterocycles. The number of fused-ring (bicyclic) bond motifs is 3. The molecule has 1 amide bonds. The zero-order valence-electron chi connectivity index (χ0n) is 12.1. The summed E-state index contributed by atoms with van der Waals surface area (Å²) in [6.07, 6.45) is 6.66. The Labute approximate surface area is 132 Å². The molecule has 4 nitrogen and oxygen atoms in total. The summed E-state index contributed by atoms with van der Waals surface area (Å²) in [7, 11) is 0. The van der Waals surface area contributed by atoms with Gasteiger partial charge in [-0.25, -0.2) is 9.97 Å². The summed E-state index contributed by atoms with van der Waals surface area (Å²) < 4.78 is 0. The highest BCUT2D eigenvalue weighted by Gasteiger charge is 2.21. The summed E-state index contributed by atoms with van der Waals surface area (Å²) in [6, 6.07) is 0. The normalized spacial score (nSPS) is 14.3. The van der Waals surface area contributed by atoms with Crippen molar-refractivity contribution in [1.29, 1.82) is 0 Å². The lowest BCUT2D eigenvalue weighted by atomic mass is 9.97. The fourth-order valence-electron chi connectivity index (χ4n) is 2.75. The van der Waals surface area contributed by atoms with Crippen LogP contribution in [0.1, 0.15) is 42.5 Å². The van der Waals surface area contributed by atoms with Crippen LogP contribution in [0.5, 0.6) is 0 Å². The van der Waals surface area contributed by atoms with Crippen molar-refractivity contribution in [2.24, 2.45) is 5.73 Å². The Balaban J connectivity index is 2.10. The highest BCUT2D eigenvalue weighted by atomic mass is 32.2. The summed E-state index contributed by atoms with van der Waals surface area (Å²) in [5.41, 5.74) is 6.71. The Morgan fingerprint density at radius 1 is 1.33 bits per heavy atom. The number of carbonyl (C=O) groups excluding carboxylic acids is 1. The summed E-state index contributed by atoms with van der Waals surface area (Å²) in [5.74, 6) is 0.867. The van der Waals surface area contributed by atoms with Crippen molar-refractivity contribution in [3.8, 4) is 0 Å². The Kier molecular flexibility index (Phi) is 4.45. The molecule has 2 aromatic rings. The first kappa shape index (κ1) is 14.8. The molecule has 112 valence electrons. The van der Waals surface area contributed by atoms with Crippen LogP contribution in [0.3, 0.4) is 0 Å². The van der Waals surface area contributed by atoms with E-state index in [1.165, 1.54) is 40.4 Å². The van der Waals surface area contributed by atoms with Crippen LogP contribution in [0.4, 0.5) is 0 Å². The van der Waals surface area contributed by atoms with Crippen molar-refractivity contribution in [3.63, 3.8) is 0 Å². The minimum Gasteiger partial charge on any atom is -0.369 e. The van der Waals surface area contributed by atoms with Gasteiger partial charge in [-0.15, -0.1) is 11.3 Å². The minimum atomic E-state index is -0.298. The molecule has 0 bridgehead atoms. The Hall–Kier alpha value is -1.14. The van der Waals surface area contributed by atoms with Crippen molar-refractivity contribution in [2.75, 3.05) is 5.75 Å². The molecule has 0 unspecified atom stereocenters. The van der Waals surface area contributed by atoms with Crippen molar-refractivity contribution < 1.29 is 4.79 Å². The van der Waals surface area contributed by atoms with Gasteiger partial charge in [-0.05, 0) is 37.7 Å². The number of rotatable bonds is 5. The van der Waals surface area contributed by atoms with Crippen LogP contribution in [-0.4, -0.2) is 21.6 Å². The van der Waals surface area contributed by atoms with Crippen LogP contribution >= 0.6 is 23.1 Å². The Bertz CT molecular complexity index is 681. The highest BCUT2D eigenvalue weighted by molar-refractivity contribution is 8.00. The maximum absolute atomic E-state index is 11.1. The average Bonchev–Trinajstić information content (AvgIpc) is 2.83. The molecule has 0 spiro atoms. The molecule has 3 rings (SSSR count). The molecular formula is C15H19N3OS2. The number of carbonyl (C=O) groups is 1. The van der Waals surface area contributed by atoms with E-state index in [1.807, 2.05) is 11.3 Å². The van der Waals surface area contributed by atoms with Crippen LogP contribution in [0.2, 0.25) is 0 Å². The number of thiophene rings is 1. The first-order valence-corrected chi connectivity index (χ1v) is 9.21. The second-order valence-electron chi connectivity index (χ2n) is 5.34. The lowest BCUT2D eigenvalue weighted by molar-refractivity contribution is -0.115. The van der Waals surface area contributed by atoms with E-state index < -0.39 is 0 Å². The molecule has 1 aliphatic rings. The molecule has 0 saturated heterocycles. The average molecular weight is 321 g/mol. The summed E-state index contributed by atoms with van der Waals surface area (Å²) in [5, 5.41) is 2.13. The standard InChI is InChI=1S/C15H19N3OS2/c1-2-5-12-17-14(20-8-11(16)19)13-9-6-3-4-7-10(9)21-15(13)18-12/h2-8H2,1H3,(H2,16,19). The number of aryl methyl sites for hydroxylation is 3. The van der Waals surface area contributed by atoms with Crippen molar-refractivity contribution >= 4 is 39.2 Å². The molecular weight excluding hydrogens is 302 g/mol. The lowest BCUT2D eigenvalue weighted by Crippen LogP contribution is -2.13. The largest absolute Gasteiger partial charge is 0.369 e. The smallest absolute Gasteiger partial charge is 0.227 e. The first-order chi connectivity index (χ1) is 10.2. The van der Waals surface area contributed by atoms with Gasteiger partial charge in [0.25, 0.3) is 0 Å². The van der Waals surface area contributed by atoms with Gasteiger partial charge in [0.05, 0.1) is 5.75 Å². The molecule has 0 saturated carbocycles. The second kappa shape index (κ2) is 6.32. The predicted octanol–water partition coefficient (Wildman–Crippen LogP) is 3.10. The van der Waals surface area contributed by atoms with Gasteiger partial charge >= 0.3 is 0 Å². The Morgan fingerprint density at radius 2 is 2.14 bits per heavy atom. The van der Waals surface area contributed by atoms with E-state index >= 15 is 0 Å². The summed E-state index contributed by atoms with van der Waals surface area (Å²) >= 11 is 3.26. The van der Waals surface area contributed by atoms with E-state index in [9.17, 15) is 4.79 Å². The second-order valence-corrected chi connectivity index (χ2v) is 7.39. The SMILES string of the molecule is CCCc1nc(SCC(N)=O)c2c3c(sc2n1)CCCC3. The molecule has 21 heavy (non-hydrogen) atoms. The lowest BCUT2D eigenvalue weighted by Gasteiger charge is -2.11. The monoisotopic (exact) mass is 321 g/mol. The van der Waals surface area contributed by atoms with Gasteiger partial charge < -0.3 is 5.73 Å². The minimum absolute atomic E-state index is 0.280. The maximum atomic E-state index is 11.1. The first-order valence-electron chi connectivity index (χ1n) is 7.41. The molecule has 2 aromatic heterocycles. The number of aromatic nitrogens is 2. The predicted molar refractivity (Wildman–Crippen MR) is 88.0 cm³/mol. The third-order valence-corrected chi connectivity index (χ3v) is 5.84. The van der Waals surface area contributed by atoms with Crippen LogP contribution in [0, 0.1) is 0 Å². The van der Waals surface area contributed by atoms with Gasteiger partial charge in [-0.2, -0.15) is 0 Å². The number of hydrogen-bond acceptors (Lipinski definition) is 5. The molecule has 0 fully saturated rings. The van der Waals surface area contributed by atoms with E-state index in [1.54, 1.807) is 0 Å². The van der Waals surface area contributed by atoms with Crippen LogP contribution in [0.25, 0.3) is 10.2 Å². The van der Waals surface area contributed by atoms with Gasteiger partial charge in [0.15, 0.2) is 0 Å². The van der Waals surface area contributed by atoms with E-state index in [-0.39, 0.29) is 11.7 Å². The Morgan fingerprint density at radius 3 is 2.90 bits per heavy atom. The number of nitrogens with two attached hydrogens (primary N) is 1. The number of primary amides is 1. The van der Waals surface area contributed by atoms with Crippen molar-refractivity contribution in [1.82, 2.24) is 9.97 Å². The van der Waals surface area contributed by atoms with Gasteiger partial charge in [0, 0.05) is 16.7 Å². The van der Waals surface area contributed by atoms with Gasteiger partial charge in [-0.1, -0.05) is 18.7 Å². The molecule has 0 atom stereocenters. The fraction of sp³-hybridized carbons (Fsp3) is 0.533. The van der Waals surface area contributed by atoms with Crippen LogP contribution in [0.15, 0.2) is 5.03 Å². The highest BCUT2D eigenvalue weighted by Crippen LogP contribution is 2.39. The molecule has 6 heteroatoms. The van der Waals surface area contributed by atoms with E-state index in [0.29, 0.717) is 0 Å². The summed E-state index contributed by atoms with van der Waals surface area (Å²) in [4.78, 5) is 23.1. The molecule has 2 heterocycles. The van der Waals surface area contributed by atoms with Gasteiger partial charge in [-0.3, -0.25) is 4.79 Å². The molecule has 2 N–H and O–H groups in total. The van der Waals surface area contributed by atoms with Crippen molar-refractivity contribution in [3.05, 3.63) is 16.3 Å². The quantitative estimate of drug-likeness (QED) is 0.678. The zero-order valence-corrected chi connectivity index (χ0v) is 13.8. The number of hydrogen-bond donors (Lipinski definition) is 1. The van der Waals surface area contributed by atoms with E-state index in [0.717, 1.165) is 41.4 Å². The summed E-state index contributed by atoms with van der Waals surface area (Å²) in [6.45, 7) is 2.13. The van der Waals surface area contributed by atoms with Crippen LogP contribution < -0.4 is 5.73 Å². The number of nitrogens with zero attached hydrogens (tertiary/aromatic N) is 2. The van der Waals surface area contributed by atoms with Crippen molar-refractivity contribution in [2.45, 2.75) is 50.5 Å². The van der Waals surface area contributed by atoms with Gasteiger partial charge in [0.1, 0.15) is 15.7 Å². The molecule has 0 aromatic carbocycles. The fourth-order valence-corrected chi connectivity index (χ4v) is 4.90. The van der Waals surface area contributed by atoms with E-state index in [2.05, 4.69) is 6.92 Å². The number of amides is 1. The van der Waals surface area contributed by atoms with Gasteiger partial charge in [0.2, 0.25) is 5.91 Å². The van der Waals surface area contributed by atoms with E-state index in [4.69, 9.17) is 15.7 Å².